The van der Waals surface area contributed by atoms with Gasteiger partial charge < -0.3 is 20.7 Å². The zero-order chi connectivity index (χ0) is 24.3. The molecular weight excluding hydrogens is 435 g/mol. The van der Waals surface area contributed by atoms with Gasteiger partial charge in [0.25, 0.3) is 0 Å². The van der Waals surface area contributed by atoms with Crippen molar-refractivity contribution in [1.82, 2.24) is 15.1 Å². The molecule has 2 aromatic rings. The quantitative estimate of drug-likeness (QED) is 0.524. The van der Waals surface area contributed by atoms with E-state index in [0.29, 0.717) is 32.6 Å². The molecule has 7 nitrogen and oxygen atoms in total. The Kier molecular flexibility index (Phi) is 10.00. The number of hydrogen-bond acceptors (Lipinski definition) is 5. The van der Waals surface area contributed by atoms with Gasteiger partial charge in [-0.25, -0.2) is 4.39 Å². The maximum atomic E-state index is 13.5. The van der Waals surface area contributed by atoms with E-state index in [1.807, 2.05) is 18.2 Å². The van der Waals surface area contributed by atoms with Gasteiger partial charge in [-0.15, -0.1) is 0 Å². The van der Waals surface area contributed by atoms with E-state index in [2.05, 4.69) is 22.3 Å². The lowest BCUT2D eigenvalue weighted by molar-refractivity contribution is -0.146. The van der Waals surface area contributed by atoms with Gasteiger partial charge in [0.1, 0.15) is 18.5 Å². The second kappa shape index (κ2) is 13.2. The Hall–Kier alpha value is -2.81. The van der Waals surface area contributed by atoms with Crippen molar-refractivity contribution in [3.8, 4) is 0 Å². The fourth-order valence-corrected chi connectivity index (χ4v) is 4.48. The molecule has 0 spiro atoms. The highest BCUT2D eigenvalue weighted by atomic mass is 19.1. The largest absolute Gasteiger partial charge is 0.375 e. The number of nitrogens with zero attached hydrogens (tertiary/aromatic N) is 2. The van der Waals surface area contributed by atoms with E-state index in [1.165, 1.54) is 24.8 Å². The Labute approximate surface area is 201 Å². The number of halogens is 1. The van der Waals surface area contributed by atoms with Crippen molar-refractivity contribution in [2.45, 2.75) is 37.9 Å². The Morgan fingerprint density at radius 3 is 2.56 bits per heavy atom. The predicted octanol–water partition coefficient (Wildman–Crippen LogP) is 1.95. The molecule has 1 fully saturated rings. The highest BCUT2D eigenvalue weighted by Crippen LogP contribution is 2.25. The Morgan fingerprint density at radius 1 is 1.15 bits per heavy atom. The van der Waals surface area contributed by atoms with Crippen molar-refractivity contribution in [2.24, 2.45) is 5.73 Å². The first-order valence-electron chi connectivity index (χ1n) is 11.8. The van der Waals surface area contributed by atoms with Gasteiger partial charge in [-0.2, -0.15) is 0 Å². The maximum absolute atomic E-state index is 13.5. The summed E-state index contributed by atoms with van der Waals surface area (Å²) in [6.45, 7) is 2.54. The van der Waals surface area contributed by atoms with Crippen LogP contribution in [-0.4, -0.2) is 73.6 Å². The summed E-state index contributed by atoms with van der Waals surface area (Å²) >= 11 is 0. The molecule has 1 aliphatic heterocycles. The molecule has 0 bridgehead atoms. The van der Waals surface area contributed by atoms with E-state index in [0.717, 1.165) is 24.9 Å². The smallest absolute Gasteiger partial charge is 0.249 e. The van der Waals surface area contributed by atoms with Crippen LogP contribution in [0.25, 0.3) is 0 Å². The molecule has 1 heterocycles. The lowest BCUT2D eigenvalue weighted by atomic mass is 9.93. The normalized spacial score (nSPS) is 18.2. The van der Waals surface area contributed by atoms with Gasteiger partial charge in [0.05, 0.1) is 0 Å². The zero-order valence-electron chi connectivity index (χ0n) is 19.8. The van der Waals surface area contributed by atoms with Gasteiger partial charge in [0.2, 0.25) is 11.8 Å². The summed E-state index contributed by atoms with van der Waals surface area (Å²) in [4.78, 5) is 29.6. The average molecular weight is 471 g/mol. The number of nitrogens with one attached hydrogen (secondary N) is 1. The summed E-state index contributed by atoms with van der Waals surface area (Å²) in [5, 5.41) is 2.84. The standard InChI is InChI=1S/C26H35FN4O3/c1-34-19-25(32)31-16-12-23(17-24(31)26(33)29-14-13-28)30(15-11-20-5-3-2-4-6-20)18-21-7-9-22(27)10-8-21/h2-10,23-24H,11-19,28H2,1H3,(H,29,33)/t23?,24-/m1/s1. The van der Waals surface area contributed by atoms with Crippen LogP contribution in [0.5, 0.6) is 0 Å². The monoisotopic (exact) mass is 470 g/mol. The highest BCUT2D eigenvalue weighted by Gasteiger charge is 2.38. The minimum Gasteiger partial charge on any atom is -0.375 e. The first-order chi connectivity index (χ1) is 16.5. The van der Waals surface area contributed by atoms with Crippen LogP contribution < -0.4 is 11.1 Å². The number of carbonyl (C=O) groups is 2. The third-order valence-electron chi connectivity index (χ3n) is 6.25. The number of hydrogen-bond donors (Lipinski definition) is 2. The molecule has 2 amide bonds. The number of methoxy groups -OCH3 is 1. The van der Waals surface area contributed by atoms with Crippen LogP contribution in [0.15, 0.2) is 54.6 Å². The predicted molar refractivity (Wildman–Crippen MR) is 129 cm³/mol. The van der Waals surface area contributed by atoms with Gasteiger partial charge in [-0.1, -0.05) is 42.5 Å². The molecule has 3 rings (SSSR count). The minimum absolute atomic E-state index is 0.0569. The Morgan fingerprint density at radius 2 is 1.88 bits per heavy atom. The van der Waals surface area contributed by atoms with Gasteiger partial charge in [-0.05, 0) is 42.5 Å². The van der Waals surface area contributed by atoms with Gasteiger partial charge in [0.15, 0.2) is 0 Å². The third-order valence-corrected chi connectivity index (χ3v) is 6.25. The van der Waals surface area contributed by atoms with Crippen molar-refractivity contribution >= 4 is 11.8 Å². The summed E-state index contributed by atoms with van der Waals surface area (Å²) in [6.07, 6.45) is 2.11. The number of likely N-dealkylation sites (tertiary alicyclic amines) is 1. The molecule has 2 atom stereocenters. The molecule has 0 aliphatic carbocycles. The second-order valence-corrected chi connectivity index (χ2v) is 8.63. The topological polar surface area (TPSA) is 87.9 Å². The number of carbonyl (C=O) groups excluding carboxylic acids is 2. The van der Waals surface area contributed by atoms with Gasteiger partial charge in [-0.3, -0.25) is 14.5 Å². The highest BCUT2D eigenvalue weighted by molar-refractivity contribution is 5.88. The Bertz CT molecular complexity index is 910. The van der Waals surface area contributed by atoms with E-state index in [1.54, 1.807) is 17.0 Å². The molecule has 0 aromatic heterocycles. The molecule has 1 saturated heterocycles. The Balaban J connectivity index is 1.78. The van der Waals surface area contributed by atoms with Crippen LogP contribution >= 0.6 is 0 Å². The molecular formula is C26H35FN4O3. The second-order valence-electron chi connectivity index (χ2n) is 8.63. The molecule has 184 valence electrons. The van der Waals surface area contributed by atoms with Crippen LogP contribution in [-0.2, 0) is 27.3 Å². The number of benzene rings is 2. The van der Waals surface area contributed by atoms with Crippen molar-refractivity contribution in [2.75, 3.05) is 39.9 Å². The van der Waals surface area contributed by atoms with E-state index in [-0.39, 0.29) is 30.3 Å². The molecule has 2 aromatic carbocycles. The van der Waals surface area contributed by atoms with E-state index >= 15 is 0 Å². The zero-order valence-corrected chi connectivity index (χ0v) is 19.8. The van der Waals surface area contributed by atoms with E-state index in [4.69, 9.17) is 10.5 Å². The van der Waals surface area contributed by atoms with Gasteiger partial charge in [0, 0.05) is 45.9 Å². The van der Waals surface area contributed by atoms with Crippen LogP contribution in [0.2, 0.25) is 0 Å². The maximum Gasteiger partial charge on any atom is 0.249 e. The molecule has 1 unspecified atom stereocenters. The minimum atomic E-state index is -0.583. The number of ether oxygens (including phenoxy) is 1. The van der Waals surface area contributed by atoms with Crippen LogP contribution in [0.3, 0.4) is 0 Å². The summed E-state index contributed by atoms with van der Waals surface area (Å²) in [6, 6.07) is 16.3. The molecule has 34 heavy (non-hydrogen) atoms. The molecule has 0 saturated carbocycles. The van der Waals surface area contributed by atoms with E-state index < -0.39 is 6.04 Å². The molecule has 0 radical (unpaired) electrons. The summed E-state index contributed by atoms with van der Waals surface area (Å²) in [5.41, 5.74) is 7.81. The lowest BCUT2D eigenvalue weighted by Gasteiger charge is -2.43. The summed E-state index contributed by atoms with van der Waals surface area (Å²) in [5.74, 6) is -0.645. The van der Waals surface area contributed by atoms with Crippen molar-refractivity contribution < 1.29 is 18.7 Å². The number of amides is 2. The first kappa shape index (κ1) is 25.8. The third kappa shape index (κ3) is 7.35. The number of rotatable bonds is 11. The molecule has 3 N–H and O–H groups in total. The van der Waals surface area contributed by atoms with Crippen molar-refractivity contribution in [3.05, 3.63) is 71.5 Å². The van der Waals surface area contributed by atoms with Crippen LogP contribution in [0.4, 0.5) is 4.39 Å². The van der Waals surface area contributed by atoms with Crippen molar-refractivity contribution in [1.29, 1.82) is 0 Å². The summed E-state index contributed by atoms with van der Waals surface area (Å²) in [7, 11) is 1.47. The average Bonchev–Trinajstić information content (AvgIpc) is 2.86. The number of nitrogens with two attached hydrogens (primary N) is 1. The van der Waals surface area contributed by atoms with Crippen LogP contribution in [0.1, 0.15) is 24.0 Å². The van der Waals surface area contributed by atoms with Gasteiger partial charge >= 0.3 is 0 Å². The number of piperidine rings is 1. The summed E-state index contributed by atoms with van der Waals surface area (Å²) < 4.78 is 18.5. The first-order valence-corrected chi connectivity index (χ1v) is 11.8. The lowest BCUT2D eigenvalue weighted by Crippen LogP contribution is -2.58. The van der Waals surface area contributed by atoms with Crippen LogP contribution in [0, 0.1) is 5.82 Å². The molecule has 8 heteroatoms. The van der Waals surface area contributed by atoms with E-state index in [9.17, 15) is 14.0 Å². The fraction of sp³-hybridized carbons (Fsp3) is 0.462. The SMILES string of the molecule is COCC(=O)N1CCC(N(CCc2ccccc2)Cc2ccc(F)cc2)C[C@@H]1C(=O)NCCN. The van der Waals surface area contributed by atoms with Crippen molar-refractivity contribution in [3.63, 3.8) is 0 Å². The fourth-order valence-electron chi connectivity index (χ4n) is 4.48. The molecule has 1 aliphatic rings.